The van der Waals surface area contributed by atoms with Crippen LogP contribution in [0.4, 0.5) is 0 Å². The summed E-state index contributed by atoms with van der Waals surface area (Å²) in [7, 11) is 0. The molecule has 14 heavy (non-hydrogen) atoms. The van der Waals surface area contributed by atoms with Crippen LogP contribution in [0.2, 0.25) is 0 Å². The van der Waals surface area contributed by atoms with Gasteiger partial charge in [0.2, 0.25) is 0 Å². The molecule has 0 saturated carbocycles. The summed E-state index contributed by atoms with van der Waals surface area (Å²) in [5.74, 6) is -0.943. The van der Waals surface area contributed by atoms with Crippen molar-refractivity contribution in [2.24, 2.45) is 0 Å². The second-order valence-electron chi connectivity index (χ2n) is 3.53. The van der Waals surface area contributed by atoms with Gasteiger partial charge in [0.15, 0.2) is 0 Å². The molecular weight excluding hydrogens is 182 g/mol. The first-order valence-electron chi connectivity index (χ1n) is 4.93. The lowest BCUT2D eigenvalue weighted by Gasteiger charge is -2.22. The molecule has 1 saturated heterocycles. The number of carbonyl (C=O) groups is 1. The zero-order chi connectivity index (χ0) is 10.4. The molecule has 1 aliphatic rings. The largest absolute Gasteiger partial charge is 0.478 e. The monoisotopic (exact) mass is 199 g/mol. The lowest BCUT2D eigenvalue weighted by molar-refractivity contribution is -0.132. The van der Waals surface area contributed by atoms with Gasteiger partial charge in [0.25, 0.3) is 0 Å². The van der Waals surface area contributed by atoms with Gasteiger partial charge in [0.05, 0.1) is 6.10 Å². The van der Waals surface area contributed by atoms with E-state index >= 15 is 0 Å². The highest BCUT2D eigenvalue weighted by Crippen LogP contribution is 2.11. The molecule has 1 fully saturated rings. The van der Waals surface area contributed by atoms with E-state index in [0.29, 0.717) is 13.1 Å². The lowest BCUT2D eigenvalue weighted by Crippen LogP contribution is -2.33. The van der Waals surface area contributed by atoms with E-state index in [1.807, 2.05) is 0 Å². The predicted molar refractivity (Wildman–Crippen MR) is 53.2 cm³/mol. The van der Waals surface area contributed by atoms with Crippen molar-refractivity contribution in [1.29, 1.82) is 0 Å². The van der Waals surface area contributed by atoms with Crippen LogP contribution in [-0.4, -0.2) is 36.9 Å². The second kappa shape index (κ2) is 5.78. The minimum atomic E-state index is -0.943. The van der Waals surface area contributed by atoms with Gasteiger partial charge in [-0.2, -0.15) is 0 Å². The highest BCUT2D eigenvalue weighted by molar-refractivity contribution is 5.86. The fourth-order valence-corrected chi connectivity index (χ4v) is 1.43. The molecule has 0 radical (unpaired) electrons. The van der Waals surface area contributed by atoms with Crippen molar-refractivity contribution in [1.82, 2.24) is 5.32 Å². The minimum Gasteiger partial charge on any atom is -0.478 e. The highest BCUT2D eigenvalue weighted by atomic mass is 16.5. The number of carboxylic acid groups (broad SMARTS) is 1. The van der Waals surface area contributed by atoms with Gasteiger partial charge >= 0.3 is 5.97 Å². The predicted octanol–water partition coefficient (Wildman–Crippen LogP) is 0.786. The van der Waals surface area contributed by atoms with Crippen LogP contribution in [0, 0.1) is 0 Å². The molecule has 1 unspecified atom stereocenters. The summed E-state index contributed by atoms with van der Waals surface area (Å²) in [4.78, 5) is 10.4. The van der Waals surface area contributed by atoms with Crippen LogP contribution in [0.25, 0.3) is 0 Å². The molecule has 0 bridgehead atoms. The van der Waals surface area contributed by atoms with Crippen LogP contribution in [-0.2, 0) is 9.53 Å². The molecule has 1 heterocycles. The van der Waals surface area contributed by atoms with E-state index in [1.54, 1.807) is 0 Å². The number of carboxylic acids is 1. The molecule has 0 aromatic carbocycles. The van der Waals surface area contributed by atoms with E-state index in [9.17, 15) is 4.79 Å². The summed E-state index contributed by atoms with van der Waals surface area (Å²) < 4.78 is 5.48. The lowest BCUT2D eigenvalue weighted by atomic mass is 10.1. The van der Waals surface area contributed by atoms with E-state index in [4.69, 9.17) is 9.84 Å². The third-order valence-corrected chi connectivity index (χ3v) is 2.29. The highest BCUT2D eigenvalue weighted by Gasteiger charge is 2.13. The van der Waals surface area contributed by atoms with Crippen molar-refractivity contribution in [3.63, 3.8) is 0 Å². The van der Waals surface area contributed by atoms with Crippen molar-refractivity contribution in [2.75, 3.05) is 19.7 Å². The van der Waals surface area contributed by atoms with E-state index in [2.05, 4.69) is 11.9 Å². The third kappa shape index (κ3) is 3.89. The number of hydrogen-bond donors (Lipinski definition) is 2. The quantitative estimate of drug-likeness (QED) is 0.643. The van der Waals surface area contributed by atoms with Crippen molar-refractivity contribution in [2.45, 2.75) is 25.4 Å². The Bertz CT molecular complexity index is 209. The van der Waals surface area contributed by atoms with Gasteiger partial charge < -0.3 is 15.2 Å². The van der Waals surface area contributed by atoms with E-state index in [0.717, 1.165) is 19.4 Å². The van der Waals surface area contributed by atoms with Crippen LogP contribution >= 0.6 is 0 Å². The second-order valence-corrected chi connectivity index (χ2v) is 3.53. The summed E-state index contributed by atoms with van der Waals surface area (Å²) in [6.45, 7) is 5.30. The summed E-state index contributed by atoms with van der Waals surface area (Å²) in [5, 5.41) is 11.6. The van der Waals surface area contributed by atoms with E-state index in [-0.39, 0.29) is 11.7 Å². The van der Waals surface area contributed by atoms with Crippen LogP contribution in [0.1, 0.15) is 19.3 Å². The first kappa shape index (κ1) is 11.2. The number of nitrogens with one attached hydrogen (secondary N) is 1. The molecule has 80 valence electrons. The van der Waals surface area contributed by atoms with Crippen molar-refractivity contribution in [3.05, 3.63) is 12.2 Å². The van der Waals surface area contributed by atoms with Gasteiger partial charge in [0.1, 0.15) is 0 Å². The third-order valence-electron chi connectivity index (χ3n) is 2.29. The molecule has 1 aliphatic heterocycles. The average Bonchev–Trinajstić information content (AvgIpc) is 2.19. The van der Waals surface area contributed by atoms with Crippen molar-refractivity contribution in [3.8, 4) is 0 Å². The Morgan fingerprint density at radius 1 is 1.57 bits per heavy atom. The maximum absolute atomic E-state index is 10.4. The zero-order valence-electron chi connectivity index (χ0n) is 8.29. The van der Waals surface area contributed by atoms with Gasteiger partial charge in [-0.05, 0) is 19.3 Å². The molecule has 0 aliphatic carbocycles. The standard InChI is InChI=1S/C10H17NO3/c1-8(10(12)13)6-11-7-9-4-2-3-5-14-9/h9,11H,1-7H2,(H,12,13). The maximum atomic E-state index is 10.4. The SMILES string of the molecule is C=C(CNCC1CCCCO1)C(=O)O. The van der Waals surface area contributed by atoms with Gasteiger partial charge in [0, 0.05) is 25.3 Å². The Morgan fingerprint density at radius 2 is 2.36 bits per heavy atom. The van der Waals surface area contributed by atoms with E-state index in [1.165, 1.54) is 6.42 Å². The van der Waals surface area contributed by atoms with Gasteiger partial charge in [-0.25, -0.2) is 4.79 Å². The first-order chi connectivity index (χ1) is 6.70. The summed E-state index contributed by atoms with van der Waals surface area (Å²) in [6.07, 6.45) is 3.64. The Kier molecular flexibility index (Phi) is 4.62. The van der Waals surface area contributed by atoms with Crippen LogP contribution < -0.4 is 5.32 Å². The van der Waals surface area contributed by atoms with Gasteiger partial charge in [-0.3, -0.25) is 0 Å². The molecule has 0 spiro atoms. The molecule has 1 atom stereocenters. The zero-order valence-corrected chi connectivity index (χ0v) is 8.29. The fourth-order valence-electron chi connectivity index (χ4n) is 1.43. The molecule has 4 heteroatoms. The number of hydrogen-bond acceptors (Lipinski definition) is 3. The molecular formula is C10H17NO3. The number of ether oxygens (including phenoxy) is 1. The van der Waals surface area contributed by atoms with Crippen LogP contribution in [0.15, 0.2) is 12.2 Å². The van der Waals surface area contributed by atoms with Crippen LogP contribution in [0.5, 0.6) is 0 Å². The fraction of sp³-hybridized carbons (Fsp3) is 0.700. The summed E-state index contributed by atoms with van der Waals surface area (Å²) >= 11 is 0. The summed E-state index contributed by atoms with van der Waals surface area (Å²) in [6, 6.07) is 0. The Morgan fingerprint density at radius 3 is 2.93 bits per heavy atom. The van der Waals surface area contributed by atoms with Crippen molar-refractivity contribution >= 4 is 5.97 Å². The first-order valence-corrected chi connectivity index (χ1v) is 4.93. The Hall–Kier alpha value is -0.870. The van der Waals surface area contributed by atoms with Crippen LogP contribution in [0.3, 0.4) is 0 Å². The Balaban J connectivity index is 2.08. The van der Waals surface area contributed by atoms with Gasteiger partial charge in [-0.15, -0.1) is 0 Å². The number of aliphatic carboxylic acids is 1. The average molecular weight is 199 g/mol. The maximum Gasteiger partial charge on any atom is 0.332 e. The molecule has 0 aromatic rings. The molecule has 2 N–H and O–H groups in total. The topological polar surface area (TPSA) is 58.6 Å². The van der Waals surface area contributed by atoms with E-state index < -0.39 is 5.97 Å². The molecule has 4 nitrogen and oxygen atoms in total. The number of rotatable bonds is 5. The summed E-state index contributed by atoms with van der Waals surface area (Å²) in [5.41, 5.74) is 0.195. The normalized spacial score (nSPS) is 21.9. The molecule has 1 rings (SSSR count). The smallest absolute Gasteiger partial charge is 0.332 e. The van der Waals surface area contributed by atoms with Crippen molar-refractivity contribution < 1.29 is 14.6 Å². The molecule has 0 aromatic heterocycles. The van der Waals surface area contributed by atoms with Gasteiger partial charge in [-0.1, -0.05) is 6.58 Å². The molecule has 0 amide bonds. The minimum absolute atomic E-state index is 0.195. The Labute approximate surface area is 83.9 Å².